The smallest absolute Gasteiger partial charge is 0.407 e. The average molecular weight is 643 g/mol. The Morgan fingerprint density at radius 3 is 2.60 bits per heavy atom. The molecule has 4 aliphatic carbocycles. The lowest BCUT2D eigenvalue weighted by atomic mass is 9.44. The standard InChI is InChI=1S/C29H39FN2O13/c1-16(45-24(37)14-31-25(38)42-9-4-10-44-32(40)41)43-15-23(36)29(39)21(34)12-20-19-6-5-17-11-18(33)7-8-26(17,2)28(19,30)22(35)13-27(20,29)3/h7-8,11,16,19-22,34-35,39H,4-6,9-10,12-15H2,1-3H3,(H,31,38)/t16?,19?,20?,21-,22+,26+,27+,28+,29+/m1/s1. The number of nitrogens with one attached hydrogen (secondary N) is 1. The lowest BCUT2D eigenvalue weighted by molar-refractivity contribution is -0.757. The maximum absolute atomic E-state index is 17.2. The number of hydrogen-bond donors (Lipinski definition) is 4. The highest BCUT2D eigenvalue weighted by molar-refractivity contribution is 6.01. The Balaban J connectivity index is 1.34. The average Bonchev–Trinajstić information content (AvgIpc) is 3.17. The van der Waals surface area contributed by atoms with Crippen molar-refractivity contribution in [3.63, 3.8) is 0 Å². The summed E-state index contributed by atoms with van der Waals surface area (Å²) < 4.78 is 32.3. The van der Waals surface area contributed by atoms with Crippen molar-refractivity contribution < 1.29 is 63.0 Å². The molecule has 0 aliphatic heterocycles. The van der Waals surface area contributed by atoms with Crippen molar-refractivity contribution in [1.29, 1.82) is 0 Å². The third-order valence-corrected chi connectivity index (χ3v) is 10.1. The van der Waals surface area contributed by atoms with Gasteiger partial charge in [0.1, 0.15) is 13.2 Å². The first-order valence-electron chi connectivity index (χ1n) is 14.7. The summed E-state index contributed by atoms with van der Waals surface area (Å²) in [6, 6.07) is 0. The molecule has 45 heavy (non-hydrogen) atoms. The van der Waals surface area contributed by atoms with E-state index in [1.54, 1.807) is 13.8 Å². The van der Waals surface area contributed by atoms with Gasteiger partial charge < -0.3 is 39.7 Å². The fourth-order valence-corrected chi connectivity index (χ4v) is 7.85. The second-order valence-electron chi connectivity index (χ2n) is 12.5. The molecule has 15 nitrogen and oxygen atoms in total. The van der Waals surface area contributed by atoms with Gasteiger partial charge in [0.2, 0.25) is 6.29 Å². The summed E-state index contributed by atoms with van der Waals surface area (Å²) in [6.45, 7) is 2.57. The molecule has 16 heteroatoms. The number of ketones is 2. The minimum atomic E-state index is -2.41. The second-order valence-corrected chi connectivity index (χ2v) is 12.5. The Morgan fingerprint density at radius 1 is 1.20 bits per heavy atom. The number of aliphatic hydroxyl groups excluding tert-OH is 2. The molecule has 9 atom stereocenters. The first-order chi connectivity index (χ1) is 21.0. The predicted octanol–water partition coefficient (Wildman–Crippen LogP) is 0.859. The third-order valence-electron chi connectivity index (χ3n) is 10.1. The summed E-state index contributed by atoms with van der Waals surface area (Å²) in [6.07, 6.45) is -1.14. The summed E-state index contributed by atoms with van der Waals surface area (Å²) in [4.78, 5) is 63.3. The maximum atomic E-state index is 17.2. The van der Waals surface area contributed by atoms with Crippen LogP contribution in [0.2, 0.25) is 0 Å². The van der Waals surface area contributed by atoms with Crippen molar-refractivity contribution in [2.24, 2.45) is 22.7 Å². The zero-order valence-electron chi connectivity index (χ0n) is 25.2. The number of carbonyl (C=O) groups is 4. The van der Waals surface area contributed by atoms with Crippen LogP contribution in [0.15, 0.2) is 23.8 Å². The van der Waals surface area contributed by atoms with Gasteiger partial charge in [-0.05, 0) is 57.6 Å². The molecule has 3 unspecified atom stereocenters. The van der Waals surface area contributed by atoms with E-state index in [4.69, 9.17) is 14.2 Å². The fourth-order valence-electron chi connectivity index (χ4n) is 7.85. The number of rotatable bonds is 12. The number of amides is 1. The van der Waals surface area contributed by atoms with Crippen molar-refractivity contribution in [1.82, 2.24) is 5.32 Å². The highest BCUT2D eigenvalue weighted by Crippen LogP contribution is 2.69. The molecule has 0 spiro atoms. The number of esters is 1. The van der Waals surface area contributed by atoms with Crippen LogP contribution in [0.4, 0.5) is 9.18 Å². The number of nitrogens with zero attached hydrogens (tertiary/aromatic N) is 1. The minimum Gasteiger partial charge on any atom is -0.449 e. The summed E-state index contributed by atoms with van der Waals surface area (Å²) in [5.41, 5.74) is -6.75. The molecule has 0 aromatic rings. The molecule has 4 N–H and O–H groups in total. The first kappa shape index (κ1) is 34.4. The third kappa shape index (κ3) is 5.95. The zero-order valence-corrected chi connectivity index (χ0v) is 25.2. The highest BCUT2D eigenvalue weighted by Gasteiger charge is 2.76. The molecule has 0 bridgehead atoms. The van der Waals surface area contributed by atoms with E-state index >= 15 is 4.39 Å². The van der Waals surface area contributed by atoms with Gasteiger partial charge in [-0.2, -0.15) is 0 Å². The number of alkyl carbamates (subject to hydrolysis) is 1. The molecular formula is C29H39FN2O13. The number of allylic oxidation sites excluding steroid dienone is 4. The van der Waals surface area contributed by atoms with Crippen molar-refractivity contribution in [3.8, 4) is 0 Å². The summed E-state index contributed by atoms with van der Waals surface area (Å²) in [5, 5.41) is 45.4. The first-order valence-corrected chi connectivity index (χ1v) is 14.7. The Bertz CT molecular complexity index is 1290. The summed E-state index contributed by atoms with van der Waals surface area (Å²) in [5.74, 6) is -3.68. The Morgan fingerprint density at radius 2 is 1.91 bits per heavy atom. The number of fused-ring (bicyclic) bond motifs is 5. The Hall–Kier alpha value is -3.47. The van der Waals surface area contributed by atoms with E-state index < -0.39 is 88.5 Å². The quantitative estimate of drug-likeness (QED) is 0.0764. The van der Waals surface area contributed by atoms with Gasteiger partial charge in [-0.15, -0.1) is 10.1 Å². The van der Waals surface area contributed by atoms with Crippen molar-refractivity contribution in [2.45, 2.75) is 82.6 Å². The molecule has 3 saturated carbocycles. The maximum Gasteiger partial charge on any atom is 0.407 e. The molecule has 3 fully saturated rings. The minimum absolute atomic E-state index is 0.0457. The van der Waals surface area contributed by atoms with Gasteiger partial charge in [0.05, 0.1) is 25.4 Å². The molecule has 0 aromatic heterocycles. The molecule has 1 amide bonds. The number of halogens is 1. The predicted molar refractivity (Wildman–Crippen MR) is 148 cm³/mol. The van der Waals surface area contributed by atoms with Gasteiger partial charge in [-0.3, -0.25) is 14.4 Å². The Labute approximate surface area is 257 Å². The summed E-state index contributed by atoms with van der Waals surface area (Å²) in [7, 11) is 0. The monoisotopic (exact) mass is 642 g/mol. The van der Waals surface area contributed by atoms with Gasteiger partial charge in [-0.25, -0.2) is 9.18 Å². The van der Waals surface area contributed by atoms with Crippen LogP contribution < -0.4 is 5.32 Å². The van der Waals surface area contributed by atoms with Crippen LogP contribution in [-0.2, 0) is 33.4 Å². The molecule has 0 radical (unpaired) electrons. The van der Waals surface area contributed by atoms with E-state index in [2.05, 4.69) is 10.2 Å². The topological polar surface area (TPSA) is 221 Å². The number of hydrogen-bond acceptors (Lipinski definition) is 13. The molecule has 4 aliphatic rings. The Kier molecular flexibility index (Phi) is 9.73. The molecule has 0 aromatic carbocycles. The lowest BCUT2D eigenvalue weighted by Crippen LogP contribution is -2.69. The van der Waals surface area contributed by atoms with Crippen LogP contribution in [0.3, 0.4) is 0 Å². The van der Waals surface area contributed by atoms with Crippen molar-refractivity contribution in [2.75, 3.05) is 26.4 Å². The van der Waals surface area contributed by atoms with Crippen LogP contribution >= 0.6 is 0 Å². The second kappa shape index (κ2) is 12.7. The number of aliphatic hydroxyl groups is 3. The number of Topliss-reactive ketones (excluding diaryl/α,β-unsaturated/α-hetero) is 1. The summed E-state index contributed by atoms with van der Waals surface area (Å²) >= 11 is 0. The lowest BCUT2D eigenvalue weighted by Gasteiger charge is -2.62. The van der Waals surface area contributed by atoms with E-state index in [-0.39, 0.29) is 44.7 Å². The van der Waals surface area contributed by atoms with E-state index in [9.17, 15) is 44.6 Å². The number of carbonyl (C=O) groups excluding carboxylic acids is 4. The normalized spacial score (nSPS) is 37.3. The van der Waals surface area contributed by atoms with E-state index in [1.807, 2.05) is 0 Å². The highest BCUT2D eigenvalue weighted by atomic mass is 19.1. The SMILES string of the molecule is CC(OCC(=O)[C@@]1(O)[C@H](O)CC2C3CCC4=CC(=O)C=C[C@]4(C)[C@@]3(F)[C@@H](O)C[C@@]21C)OC(=O)CNC(=O)OCCCO[N+](=O)[O-]. The van der Waals surface area contributed by atoms with Crippen molar-refractivity contribution >= 4 is 23.6 Å². The number of alkyl halides is 1. The molecule has 250 valence electrons. The zero-order chi connectivity index (χ0) is 33.4. The van der Waals surface area contributed by atoms with Crippen LogP contribution in [0, 0.1) is 32.8 Å². The molecular weight excluding hydrogens is 603 g/mol. The van der Waals surface area contributed by atoms with Gasteiger partial charge in [-0.1, -0.05) is 18.6 Å². The van der Waals surface area contributed by atoms with Crippen LogP contribution in [0.25, 0.3) is 0 Å². The molecule has 0 heterocycles. The number of ether oxygens (including phenoxy) is 3. The van der Waals surface area contributed by atoms with Gasteiger partial charge in [0.25, 0.3) is 5.09 Å². The van der Waals surface area contributed by atoms with Gasteiger partial charge in [0.15, 0.2) is 22.8 Å². The van der Waals surface area contributed by atoms with E-state index in [0.717, 1.165) is 0 Å². The van der Waals surface area contributed by atoms with Crippen LogP contribution in [-0.4, -0.2) is 100 Å². The molecule has 0 saturated heterocycles. The van der Waals surface area contributed by atoms with E-state index in [1.165, 1.54) is 25.2 Å². The van der Waals surface area contributed by atoms with Gasteiger partial charge >= 0.3 is 12.1 Å². The van der Waals surface area contributed by atoms with Crippen molar-refractivity contribution in [3.05, 3.63) is 33.9 Å². The van der Waals surface area contributed by atoms with Crippen LogP contribution in [0.5, 0.6) is 0 Å². The molecule has 4 rings (SSSR count). The fraction of sp³-hybridized carbons (Fsp3) is 0.724. The van der Waals surface area contributed by atoms with E-state index in [0.29, 0.717) is 12.0 Å². The van der Waals surface area contributed by atoms with Crippen LogP contribution in [0.1, 0.15) is 52.9 Å². The van der Waals surface area contributed by atoms with Gasteiger partial charge in [0, 0.05) is 23.2 Å². The largest absolute Gasteiger partial charge is 0.449 e.